The topological polar surface area (TPSA) is 169 Å². The fourth-order valence-electron chi connectivity index (χ4n) is 9.79. The smallest absolute Gasteiger partial charge is 0.249 e. The van der Waals surface area contributed by atoms with E-state index in [1.165, 1.54) is 205 Å². The largest absolute Gasteiger partial charge is 0.394 e. The van der Waals surface area contributed by atoms with Crippen molar-refractivity contribution in [1.29, 1.82) is 0 Å². The first kappa shape index (κ1) is 66.6. The Balaban J connectivity index is 2.14. The van der Waals surface area contributed by atoms with Gasteiger partial charge < -0.3 is 45.4 Å². The molecule has 414 valence electrons. The Morgan fingerprint density at radius 1 is 0.486 bits per heavy atom. The number of allylic oxidation sites excluding steroid dienone is 4. The zero-order chi connectivity index (χ0) is 51.0. The summed E-state index contributed by atoms with van der Waals surface area (Å²) in [5.41, 5.74) is 0. The number of hydrogen-bond acceptors (Lipinski definition) is 9. The highest BCUT2D eigenvalue weighted by molar-refractivity contribution is 5.80. The summed E-state index contributed by atoms with van der Waals surface area (Å²) in [6.07, 6.45) is 52.6. The summed E-state index contributed by atoms with van der Waals surface area (Å²) in [5.74, 6) is -0.580. The molecule has 1 rings (SSSR count). The van der Waals surface area contributed by atoms with Gasteiger partial charge in [0.25, 0.3) is 0 Å². The Morgan fingerprint density at radius 2 is 0.843 bits per heavy atom. The van der Waals surface area contributed by atoms with Crippen LogP contribution in [0.2, 0.25) is 0 Å². The molecule has 0 spiro atoms. The van der Waals surface area contributed by atoms with E-state index >= 15 is 0 Å². The molecule has 0 bridgehead atoms. The zero-order valence-electron chi connectivity index (χ0n) is 45.7. The van der Waals surface area contributed by atoms with Crippen LogP contribution in [-0.2, 0) is 14.3 Å². The highest BCUT2D eigenvalue weighted by Crippen LogP contribution is 2.23. The van der Waals surface area contributed by atoms with Gasteiger partial charge in [-0.1, -0.05) is 269 Å². The van der Waals surface area contributed by atoms with Crippen LogP contribution in [0.3, 0.4) is 0 Å². The molecule has 1 heterocycles. The molecule has 0 aromatic carbocycles. The monoisotopic (exact) mass is 994 g/mol. The van der Waals surface area contributed by atoms with Gasteiger partial charge in [-0.25, -0.2) is 0 Å². The lowest BCUT2D eigenvalue weighted by Gasteiger charge is -2.40. The van der Waals surface area contributed by atoms with Crippen molar-refractivity contribution >= 4 is 5.91 Å². The molecule has 0 saturated carbocycles. The minimum absolute atomic E-state index is 0.253. The minimum Gasteiger partial charge on any atom is -0.394 e. The van der Waals surface area contributed by atoms with Crippen LogP contribution in [0.25, 0.3) is 0 Å². The minimum atomic E-state index is -1.60. The van der Waals surface area contributed by atoms with E-state index in [9.17, 15) is 35.4 Å². The standard InChI is InChI=1S/C60H115NO9/c1-3-5-7-9-11-13-15-17-18-19-20-21-22-23-24-25-26-27-28-29-30-31-32-33-34-35-37-39-41-43-45-47-49-54(64)59(68)61-52(51-69-60-58(67)57(66)56(65)55(50-62)70-60)53(63)48-46-44-42-40-38-36-16-14-12-10-8-6-4-2/h20-21,23-24,52-58,60,62-67H,3-19,22,25-51H2,1-2H3,(H,61,68)/b21-20-,24-23-. The van der Waals surface area contributed by atoms with Crippen LogP contribution in [0.1, 0.15) is 290 Å². The first-order valence-electron chi connectivity index (χ1n) is 30.1. The lowest BCUT2D eigenvalue weighted by molar-refractivity contribution is -0.302. The van der Waals surface area contributed by atoms with Crippen molar-refractivity contribution in [3.05, 3.63) is 24.3 Å². The number of aliphatic hydroxyl groups is 6. The van der Waals surface area contributed by atoms with Crippen LogP contribution in [0, 0.1) is 0 Å². The molecule has 70 heavy (non-hydrogen) atoms. The third kappa shape index (κ3) is 38.2. The normalized spacial score (nSPS) is 19.9. The van der Waals surface area contributed by atoms with Crippen molar-refractivity contribution in [2.24, 2.45) is 0 Å². The zero-order valence-corrected chi connectivity index (χ0v) is 45.7. The van der Waals surface area contributed by atoms with Crippen molar-refractivity contribution in [2.45, 2.75) is 339 Å². The molecular formula is C60H115NO9. The molecular weight excluding hydrogens is 879 g/mol. The van der Waals surface area contributed by atoms with E-state index in [0.29, 0.717) is 12.8 Å². The molecule has 1 saturated heterocycles. The highest BCUT2D eigenvalue weighted by atomic mass is 16.7. The SMILES string of the molecule is CCCCCCCCCCC/C=C\C/C=C\CCCCCCCCCCCCCCCCCCC(O)C(=O)NC(COC1OC(CO)C(O)C(O)C1O)C(O)CCCCCCCCCCCCCCC. The lowest BCUT2D eigenvalue weighted by Crippen LogP contribution is -2.60. The van der Waals surface area contributed by atoms with Crippen molar-refractivity contribution < 1.29 is 44.9 Å². The fourth-order valence-corrected chi connectivity index (χ4v) is 9.79. The van der Waals surface area contributed by atoms with Crippen molar-refractivity contribution in [2.75, 3.05) is 13.2 Å². The van der Waals surface area contributed by atoms with Gasteiger partial charge >= 0.3 is 0 Å². The number of carbonyl (C=O) groups is 1. The molecule has 8 atom stereocenters. The number of hydrogen-bond donors (Lipinski definition) is 7. The van der Waals surface area contributed by atoms with Gasteiger partial charge in [0.05, 0.1) is 25.4 Å². The fraction of sp³-hybridized carbons (Fsp3) is 0.917. The Kier molecular flexibility index (Phi) is 47.4. The van der Waals surface area contributed by atoms with Gasteiger partial charge in [-0.2, -0.15) is 0 Å². The number of carbonyl (C=O) groups excluding carboxylic acids is 1. The quantitative estimate of drug-likeness (QED) is 0.0232. The first-order chi connectivity index (χ1) is 34.3. The summed E-state index contributed by atoms with van der Waals surface area (Å²) in [6, 6.07) is -0.892. The van der Waals surface area contributed by atoms with Gasteiger partial charge in [-0.3, -0.25) is 4.79 Å². The lowest BCUT2D eigenvalue weighted by atomic mass is 9.99. The number of nitrogens with one attached hydrogen (secondary N) is 1. The molecule has 1 fully saturated rings. The van der Waals surface area contributed by atoms with Crippen LogP contribution in [-0.4, -0.2) is 98.7 Å². The second-order valence-electron chi connectivity index (χ2n) is 21.3. The molecule has 10 heteroatoms. The maximum atomic E-state index is 13.1. The summed E-state index contributed by atoms with van der Waals surface area (Å²) >= 11 is 0. The van der Waals surface area contributed by atoms with Crippen LogP contribution < -0.4 is 5.32 Å². The van der Waals surface area contributed by atoms with Gasteiger partial charge in [-0.05, 0) is 44.9 Å². The predicted molar refractivity (Wildman–Crippen MR) is 292 cm³/mol. The molecule has 1 aliphatic heterocycles. The van der Waals surface area contributed by atoms with Crippen LogP contribution in [0.4, 0.5) is 0 Å². The third-order valence-electron chi connectivity index (χ3n) is 14.7. The molecule has 8 unspecified atom stereocenters. The summed E-state index contributed by atoms with van der Waals surface area (Å²) < 4.78 is 11.2. The maximum Gasteiger partial charge on any atom is 0.249 e. The molecule has 0 aliphatic carbocycles. The van der Waals surface area contributed by atoms with Gasteiger partial charge in [0.1, 0.15) is 30.5 Å². The van der Waals surface area contributed by atoms with Crippen molar-refractivity contribution in [3.8, 4) is 0 Å². The molecule has 10 nitrogen and oxygen atoms in total. The van der Waals surface area contributed by atoms with Gasteiger partial charge in [0.15, 0.2) is 6.29 Å². The second-order valence-corrected chi connectivity index (χ2v) is 21.3. The maximum absolute atomic E-state index is 13.1. The van der Waals surface area contributed by atoms with E-state index in [1.54, 1.807) is 0 Å². The molecule has 0 aromatic rings. The van der Waals surface area contributed by atoms with E-state index in [1.807, 2.05) is 0 Å². The van der Waals surface area contributed by atoms with E-state index in [-0.39, 0.29) is 6.61 Å². The van der Waals surface area contributed by atoms with E-state index in [4.69, 9.17) is 9.47 Å². The van der Waals surface area contributed by atoms with Gasteiger partial charge in [0.2, 0.25) is 5.91 Å². The number of aliphatic hydroxyl groups excluding tert-OH is 6. The molecule has 0 radical (unpaired) electrons. The molecule has 1 aliphatic rings. The number of ether oxygens (including phenoxy) is 2. The first-order valence-corrected chi connectivity index (χ1v) is 30.1. The summed E-state index contributed by atoms with van der Waals surface area (Å²) in [4.78, 5) is 13.1. The Morgan fingerprint density at radius 3 is 1.23 bits per heavy atom. The highest BCUT2D eigenvalue weighted by Gasteiger charge is 2.44. The number of amides is 1. The molecule has 7 N–H and O–H groups in total. The van der Waals surface area contributed by atoms with E-state index in [2.05, 4.69) is 43.5 Å². The van der Waals surface area contributed by atoms with Gasteiger partial charge in [-0.15, -0.1) is 0 Å². The van der Waals surface area contributed by atoms with E-state index in [0.717, 1.165) is 57.8 Å². The third-order valence-corrected chi connectivity index (χ3v) is 14.7. The van der Waals surface area contributed by atoms with Crippen molar-refractivity contribution in [3.63, 3.8) is 0 Å². The second kappa shape index (κ2) is 49.8. The number of unbranched alkanes of at least 4 members (excludes halogenated alkanes) is 37. The Labute approximate surface area is 431 Å². The Hall–Kier alpha value is -1.37. The summed E-state index contributed by atoms with van der Waals surface area (Å²) in [6.45, 7) is 3.69. The van der Waals surface area contributed by atoms with Crippen LogP contribution in [0.15, 0.2) is 24.3 Å². The average Bonchev–Trinajstić information content (AvgIpc) is 3.36. The summed E-state index contributed by atoms with van der Waals surface area (Å²) in [5, 5.41) is 65.1. The van der Waals surface area contributed by atoms with Gasteiger partial charge in [0, 0.05) is 0 Å². The molecule has 1 amide bonds. The van der Waals surface area contributed by atoms with Crippen molar-refractivity contribution in [1.82, 2.24) is 5.32 Å². The summed E-state index contributed by atoms with van der Waals surface area (Å²) in [7, 11) is 0. The number of rotatable bonds is 52. The molecule has 0 aromatic heterocycles. The van der Waals surface area contributed by atoms with E-state index < -0.39 is 61.5 Å². The van der Waals surface area contributed by atoms with Crippen LogP contribution >= 0.6 is 0 Å². The van der Waals surface area contributed by atoms with Crippen LogP contribution in [0.5, 0.6) is 0 Å². The Bertz CT molecular complexity index is 1170. The average molecular weight is 995 g/mol. The predicted octanol–water partition coefficient (Wildman–Crippen LogP) is 13.9.